The average molecular weight is 307 g/mol. The molecule has 0 bridgehead atoms. The van der Waals surface area contributed by atoms with Gasteiger partial charge in [-0.15, -0.1) is 0 Å². The average Bonchev–Trinajstić information content (AvgIpc) is 2.96. The Morgan fingerprint density at radius 1 is 0.957 bits per heavy atom. The zero-order valence-corrected chi connectivity index (χ0v) is 12.2. The molecule has 0 aromatic heterocycles. The predicted octanol–water partition coefficient (Wildman–Crippen LogP) is 2.80. The van der Waals surface area contributed by atoms with Crippen molar-refractivity contribution in [3.63, 3.8) is 0 Å². The number of carbonyl (C=O) groups excluding carboxylic acids is 1. The zero-order valence-electron chi connectivity index (χ0n) is 12.2. The monoisotopic (exact) mass is 307 g/mol. The molecule has 0 atom stereocenters. The van der Waals surface area contributed by atoms with Crippen LogP contribution in [0, 0.1) is 0 Å². The summed E-state index contributed by atoms with van der Waals surface area (Å²) in [4.78, 5) is 16.3. The lowest BCUT2D eigenvalue weighted by atomic mass is 10.1. The quantitative estimate of drug-likeness (QED) is 0.632. The Morgan fingerprint density at radius 3 is 2.57 bits per heavy atom. The van der Waals surface area contributed by atoms with E-state index in [0.717, 1.165) is 11.1 Å². The molecule has 2 aromatic rings. The van der Waals surface area contributed by atoms with Crippen LogP contribution in [0.2, 0.25) is 0 Å². The summed E-state index contributed by atoms with van der Waals surface area (Å²) < 4.78 is 16.3. The van der Waals surface area contributed by atoms with Gasteiger partial charge in [0.15, 0.2) is 17.2 Å². The summed E-state index contributed by atoms with van der Waals surface area (Å²) in [6.45, 7) is 1.07. The second-order valence-electron chi connectivity index (χ2n) is 5.11. The molecule has 23 heavy (non-hydrogen) atoms. The van der Waals surface area contributed by atoms with Gasteiger partial charge in [0.05, 0.1) is 0 Å². The van der Waals surface area contributed by atoms with Crippen LogP contribution in [0.15, 0.2) is 59.2 Å². The normalized spacial score (nSPS) is 17.8. The number of nitrogens with zero attached hydrogens (tertiary/aromatic N) is 1. The minimum absolute atomic E-state index is 0.264. The van der Waals surface area contributed by atoms with Gasteiger partial charge in [0.2, 0.25) is 5.90 Å². The molecule has 2 heterocycles. The molecule has 114 valence electrons. The summed E-state index contributed by atoms with van der Waals surface area (Å²) in [6.07, 6.45) is 1.68. The number of fused-ring (bicyclic) bond motifs is 1. The third-order valence-electron chi connectivity index (χ3n) is 3.51. The van der Waals surface area contributed by atoms with Crippen molar-refractivity contribution in [3.8, 4) is 11.5 Å². The minimum Gasteiger partial charge on any atom is -0.486 e. The Balaban J connectivity index is 1.66. The number of benzene rings is 2. The van der Waals surface area contributed by atoms with Crippen LogP contribution in [-0.4, -0.2) is 25.1 Å². The molecule has 0 saturated carbocycles. The van der Waals surface area contributed by atoms with Gasteiger partial charge in [-0.2, -0.15) is 0 Å². The maximum absolute atomic E-state index is 12.0. The van der Waals surface area contributed by atoms with E-state index in [1.54, 1.807) is 6.08 Å². The van der Waals surface area contributed by atoms with Gasteiger partial charge in [0.25, 0.3) is 0 Å². The van der Waals surface area contributed by atoms with E-state index in [0.29, 0.717) is 30.6 Å². The van der Waals surface area contributed by atoms with Crippen LogP contribution in [0.5, 0.6) is 11.5 Å². The van der Waals surface area contributed by atoms with E-state index in [1.165, 1.54) is 0 Å². The van der Waals surface area contributed by atoms with Gasteiger partial charge in [-0.3, -0.25) is 0 Å². The number of hydrogen-bond donors (Lipinski definition) is 0. The van der Waals surface area contributed by atoms with Crippen molar-refractivity contribution in [2.45, 2.75) is 0 Å². The van der Waals surface area contributed by atoms with E-state index >= 15 is 0 Å². The topological polar surface area (TPSA) is 57.1 Å². The van der Waals surface area contributed by atoms with Crippen LogP contribution in [0.4, 0.5) is 0 Å². The van der Waals surface area contributed by atoms with Crippen LogP contribution in [-0.2, 0) is 9.53 Å². The zero-order chi connectivity index (χ0) is 15.6. The van der Waals surface area contributed by atoms with E-state index in [4.69, 9.17) is 14.2 Å². The first kappa shape index (κ1) is 13.6. The standard InChI is InChI=1S/C18H13NO4/c20-18-14(19-17(23-18)13-4-2-1-3-5-13)10-12-6-7-15-16(11-12)22-9-8-21-15/h1-7,10-11H,8-9H2/b14-10+. The van der Waals surface area contributed by atoms with Gasteiger partial charge in [0.1, 0.15) is 13.2 Å². The molecule has 0 N–H and O–H groups in total. The van der Waals surface area contributed by atoms with Crippen molar-refractivity contribution in [2.24, 2.45) is 4.99 Å². The lowest BCUT2D eigenvalue weighted by Crippen LogP contribution is -2.15. The smallest absolute Gasteiger partial charge is 0.363 e. The highest BCUT2D eigenvalue weighted by Crippen LogP contribution is 2.32. The third kappa shape index (κ3) is 2.68. The van der Waals surface area contributed by atoms with Crippen LogP contribution >= 0.6 is 0 Å². The summed E-state index contributed by atoms with van der Waals surface area (Å²) in [7, 11) is 0. The second-order valence-corrected chi connectivity index (χ2v) is 5.11. The molecule has 2 aromatic carbocycles. The van der Waals surface area contributed by atoms with Crippen molar-refractivity contribution in [1.29, 1.82) is 0 Å². The molecule has 5 nitrogen and oxygen atoms in total. The molecule has 2 aliphatic rings. The fraction of sp³-hybridized carbons (Fsp3) is 0.111. The van der Waals surface area contributed by atoms with Gasteiger partial charge in [-0.05, 0) is 35.9 Å². The molecular weight excluding hydrogens is 294 g/mol. The fourth-order valence-corrected chi connectivity index (χ4v) is 2.42. The summed E-state index contributed by atoms with van der Waals surface area (Å²) in [5, 5.41) is 0. The van der Waals surface area contributed by atoms with Crippen LogP contribution in [0.25, 0.3) is 6.08 Å². The highest BCUT2D eigenvalue weighted by atomic mass is 16.6. The molecule has 0 unspecified atom stereocenters. The van der Waals surface area contributed by atoms with Crippen LogP contribution < -0.4 is 9.47 Å². The molecule has 0 spiro atoms. The van der Waals surface area contributed by atoms with Crippen molar-refractivity contribution < 1.29 is 19.0 Å². The number of hydrogen-bond acceptors (Lipinski definition) is 5. The maximum atomic E-state index is 12.0. The number of aliphatic imine (C=N–C) groups is 1. The summed E-state index contributed by atoms with van der Waals surface area (Å²) >= 11 is 0. The Morgan fingerprint density at radius 2 is 1.74 bits per heavy atom. The van der Waals surface area contributed by atoms with Gasteiger partial charge < -0.3 is 14.2 Å². The van der Waals surface area contributed by atoms with Gasteiger partial charge >= 0.3 is 5.97 Å². The van der Waals surface area contributed by atoms with E-state index < -0.39 is 5.97 Å². The predicted molar refractivity (Wildman–Crippen MR) is 84.5 cm³/mol. The Hall–Kier alpha value is -3.08. The molecule has 5 heteroatoms. The van der Waals surface area contributed by atoms with E-state index in [9.17, 15) is 4.79 Å². The third-order valence-corrected chi connectivity index (χ3v) is 3.51. The molecule has 0 fully saturated rings. The Labute approximate surface area is 132 Å². The van der Waals surface area contributed by atoms with Gasteiger partial charge in [0, 0.05) is 5.56 Å². The first-order valence-electron chi connectivity index (χ1n) is 7.27. The number of esters is 1. The second kappa shape index (κ2) is 5.61. The highest BCUT2D eigenvalue weighted by Gasteiger charge is 2.24. The van der Waals surface area contributed by atoms with Gasteiger partial charge in [-0.25, -0.2) is 9.79 Å². The summed E-state index contributed by atoms with van der Waals surface area (Å²) in [5.41, 5.74) is 1.84. The number of carbonyl (C=O) groups is 1. The van der Waals surface area contributed by atoms with Crippen LogP contribution in [0.1, 0.15) is 11.1 Å². The molecule has 0 amide bonds. The molecular formula is C18H13NO4. The minimum atomic E-state index is -0.459. The van der Waals surface area contributed by atoms with Crippen molar-refractivity contribution >= 4 is 17.9 Å². The first-order chi connectivity index (χ1) is 11.3. The van der Waals surface area contributed by atoms with Crippen molar-refractivity contribution in [2.75, 3.05) is 13.2 Å². The molecule has 0 radical (unpaired) electrons. The molecule has 0 aliphatic carbocycles. The van der Waals surface area contributed by atoms with Crippen molar-refractivity contribution in [3.05, 3.63) is 65.4 Å². The number of rotatable bonds is 2. The fourth-order valence-electron chi connectivity index (χ4n) is 2.42. The van der Waals surface area contributed by atoms with E-state index in [-0.39, 0.29) is 5.70 Å². The molecule has 4 rings (SSSR count). The molecule has 2 aliphatic heterocycles. The Bertz CT molecular complexity index is 824. The summed E-state index contributed by atoms with van der Waals surface area (Å²) in [5.74, 6) is 1.24. The lowest BCUT2D eigenvalue weighted by molar-refractivity contribution is -0.129. The number of cyclic esters (lactones) is 1. The summed E-state index contributed by atoms with van der Waals surface area (Å²) in [6, 6.07) is 14.8. The van der Waals surface area contributed by atoms with Gasteiger partial charge in [-0.1, -0.05) is 24.3 Å². The largest absolute Gasteiger partial charge is 0.486 e. The van der Waals surface area contributed by atoms with Crippen LogP contribution in [0.3, 0.4) is 0 Å². The molecule has 0 saturated heterocycles. The lowest BCUT2D eigenvalue weighted by Gasteiger charge is -2.18. The SMILES string of the molecule is O=C1OC(c2ccccc2)=N/C1=C/c1ccc2c(c1)OCCO2. The van der Waals surface area contributed by atoms with E-state index in [2.05, 4.69) is 4.99 Å². The number of ether oxygens (including phenoxy) is 3. The van der Waals surface area contributed by atoms with E-state index in [1.807, 2.05) is 48.5 Å². The maximum Gasteiger partial charge on any atom is 0.363 e. The van der Waals surface area contributed by atoms with Crippen molar-refractivity contribution in [1.82, 2.24) is 0 Å². The highest BCUT2D eigenvalue weighted by molar-refractivity contribution is 6.12. The Kier molecular flexibility index (Phi) is 3.31. The first-order valence-corrected chi connectivity index (χ1v) is 7.27.